The van der Waals surface area contributed by atoms with Gasteiger partial charge in [-0.15, -0.1) is 0 Å². The molecular weight excluding hydrogens is 298 g/mol. The zero-order valence-corrected chi connectivity index (χ0v) is 12.6. The predicted octanol–water partition coefficient (Wildman–Crippen LogP) is 2.08. The number of amides is 1. The maximum Gasteiger partial charge on any atom is 0.407 e. The van der Waals surface area contributed by atoms with Crippen molar-refractivity contribution < 1.29 is 19.4 Å². The Labute approximate surface area is 133 Å². The summed E-state index contributed by atoms with van der Waals surface area (Å²) in [6.07, 6.45) is -1.06. The summed E-state index contributed by atoms with van der Waals surface area (Å²) in [5, 5.41) is 8.82. The lowest BCUT2D eigenvalue weighted by Crippen LogP contribution is -2.55. The number of hydrogen-bond acceptors (Lipinski definition) is 5. The molecule has 3 N–H and O–H groups in total. The third-order valence-electron chi connectivity index (χ3n) is 3.64. The van der Waals surface area contributed by atoms with E-state index in [4.69, 9.17) is 20.3 Å². The monoisotopic (exact) mass is 315 g/mol. The van der Waals surface area contributed by atoms with Crippen LogP contribution in [0.5, 0.6) is 11.5 Å². The molecular formula is C16H17N3O4. The number of likely N-dealkylation sites (tertiary alicyclic amines) is 1. The largest absolute Gasteiger partial charge is 0.496 e. The summed E-state index contributed by atoms with van der Waals surface area (Å²) in [7, 11) is 1.57. The minimum absolute atomic E-state index is 0.132. The topological polar surface area (TPSA) is 97.9 Å². The van der Waals surface area contributed by atoms with Crippen LogP contribution in [-0.4, -0.2) is 47.4 Å². The molecule has 0 aliphatic carbocycles. The SMILES string of the molecule is COc1cc(OC2CN(C(=O)O)C2)ccc1-c1cccc(N)n1. The molecule has 0 unspecified atom stereocenters. The molecule has 1 aromatic carbocycles. The third-order valence-corrected chi connectivity index (χ3v) is 3.64. The molecule has 1 aromatic heterocycles. The van der Waals surface area contributed by atoms with Gasteiger partial charge < -0.3 is 25.2 Å². The lowest BCUT2D eigenvalue weighted by atomic mass is 10.1. The Kier molecular flexibility index (Phi) is 3.92. The molecule has 1 aliphatic rings. The van der Waals surface area contributed by atoms with Crippen LogP contribution in [0.3, 0.4) is 0 Å². The molecule has 1 aliphatic heterocycles. The molecule has 7 nitrogen and oxygen atoms in total. The van der Waals surface area contributed by atoms with Gasteiger partial charge in [0.25, 0.3) is 0 Å². The van der Waals surface area contributed by atoms with Crippen LogP contribution in [0.4, 0.5) is 10.6 Å². The van der Waals surface area contributed by atoms with Crippen LogP contribution in [0, 0.1) is 0 Å². The maximum atomic E-state index is 10.7. The van der Waals surface area contributed by atoms with Crippen molar-refractivity contribution in [3.63, 3.8) is 0 Å². The van der Waals surface area contributed by atoms with Gasteiger partial charge in [-0.1, -0.05) is 6.07 Å². The Morgan fingerprint density at radius 2 is 2.13 bits per heavy atom. The Morgan fingerprint density at radius 1 is 1.35 bits per heavy atom. The van der Waals surface area contributed by atoms with Gasteiger partial charge in [-0.25, -0.2) is 9.78 Å². The molecule has 0 spiro atoms. The van der Waals surface area contributed by atoms with Gasteiger partial charge in [-0.05, 0) is 24.3 Å². The first-order valence-electron chi connectivity index (χ1n) is 7.12. The number of carbonyl (C=O) groups is 1. The van der Waals surface area contributed by atoms with Crippen LogP contribution in [0.15, 0.2) is 36.4 Å². The number of anilines is 1. The summed E-state index contributed by atoms with van der Waals surface area (Å²) in [5.74, 6) is 1.69. The van der Waals surface area contributed by atoms with Crippen LogP contribution >= 0.6 is 0 Å². The number of nitrogen functional groups attached to an aromatic ring is 1. The first-order valence-corrected chi connectivity index (χ1v) is 7.12. The van der Waals surface area contributed by atoms with E-state index < -0.39 is 6.09 Å². The first kappa shape index (κ1) is 15.0. The quantitative estimate of drug-likeness (QED) is 0.896. The average molecular weight is 315 g/mol. The number of carboxylic acid groups (broad SMARTS) is 1. The van der Waals surface area contributed by atoms with E-state index in [-0.39, 0.29) is 6.10 Å². The van der Waals surface area contributed by atoms with Crippen molar-refractivity contribution in [2.24, 2.45) is 0 Å². The average Bonchev–Trinajstić information content (AvgIpc) is 2.49. The lowest BCUT2D eigenvalue weighted by Gasteiger charge is -2.36. The normalized spacial score (nSPS) is 14.2. The molecule has 0 atom stereocenters. The summed E-state index contributed by atoms with van der Waals surface area (Å²) in [6, 6.07) is 10.8. The van der Waals surface area contributed by atoms with Crippen molar-refractivity contribution in [1.82, 2.24) is 9.88 Å². The summed E-state index contributed by atoms with van der Waals surface area (Å²) >= 11 is 0. The van der Waals surface area contributed by atoms with Crippen LogP contribution in [0.25, 0.3) is 11.3 Å². The Hall–Kier alpha value is -2.96. The van der Waals surface area contributed by atoms with Crippen LogP contribution in [-0.2, 0) is 0 Å². The molecule has 23 heavy (non-hydrogen) atoms. The number of rotatable bonds is 4. The summed E-state index contributed by atoms with van der Waals surface area (Å²) in [4.78, 5) is 16.3. The Bertz CT molecular complexity index is 729. The highest BCUT2D eigenvalue weighted by atomic mass is 16.5. The predicted molar refractivity (Wildman–Crippen MR) is 84.7 cm³/mol. The number of methoxy groups -OCH3 is 1. The van der Waals surface area contributed by atoms with Gasteiger partial charge in [-0.3, -0.25) is 0 Å². The van der Waals surface area contributed by atoms with Crippen LogP contribution < -0.4 is 15.2 Å². The van der Waals surface area contributed by atoms with Gasteiger partial charge in [0.2, 0.25) is 0 Å². The second-order valence-corrected chi connectivity index (χ2v) is 5.24. The van der Waals surface area contributed by atoms with Gasteiger partial charge in [-0.2, -0.15) is 0 Å². The third kappa shape index (κ3) is 3.13. The van der Waals surface area contributed by atoms with Crippen molar-refractivity contribution in [1.29, 1.82) is 0 Å². The number of pyridine rings is 1. The van der Waals surface area contributed by atoms with Gasteiger partial charge in [0, 0.05) is 11.6 Å². The highest BCUT2D eigenvalue weighted by molar-refractivity contribution is 5.69. The van der Waals surface area contributed by atoms with Crippen molar-refractivity contribution in [3.8, 4) is 22.8 Å². The van der Waals surface area contributed by atoms with Crippen molar-refractivity contribution >= 4 is 11.9 Å². The van der Waals surface area contributed by atoms with E-state index in [1.54, 1.807) is 19.2 Å². The van der Waals surface area contributed by atoms with E-state index in [9.17, 15) is 4.79 Å². The minimum Gasteiger partial charge on any atom is -0.496 e. The lowest BCUT2D eigenvalue weighted by molar-refractivity contribution is 0.0251. The van der Waals surface area contributed by atoms with E-state index in [1.807, 2.05) is 24.3 Å². The second-order valence-electron chi connectivity index (χ2n) is 5.24. The van der Waals surface area contributed by atoms with E-state index in [2.05, 4.69) is 4.98 Å². The number of nitrogens with zero attached hydrogens (tertiary/aromatic N) is 2. The van der Waals surface area contributed by atoms with Crippen molar-refractivity contribution in [3.05, 3.63) is 36.4 Å². The molecule has 0 bridgehead atoms. The first-order chi connectivity index (χ1) is 11.1. The van der Waals surface area contributed by atoms with Crippen LogP contribution in [0.1, 0.15) is 0 Å². The smallest absolute Gasteiger partial charge is 0.407 e. The van der Waals surface area contributed by atoms with Crippen LogP contribution in [0.2, 0.25) is 0 Å². The van der Waals surface area contributed by atoms with E-state index >= 15 is 0 Å². The molecule has 2 heterocycles. The van der Waals surface area contributed by atoms with Crippen molar-refractivity contribution in [2.45, 2.75) is 6.10 Å². The summed E-state index contributed by atoms with van der Waals surface area (Å²) < 4.78 is 11.2. The number of nitrogens with two attached hydrogens (primary N) is 1. The molecule has 1 amide bonds. The van der Waals surface area contributed by atoms with Gasteiger partial charge in [0.15, 0.2) is 0 Å². The summed E-state index contributed by atoms with van der Waals surface area (Å²) in [5.41, 5.74) is 7.25. The van der Waals surface area contributed by atoms with E-state index in [0.29, 0.717) is 36.1 Å². The van der Waals surface area contributed by atoms with Gasteiger partial charge in [0.1, 0.15) is 23.4 Å². The second kappa shape index (κ2) is 6.04. The molecule has 1 saturated heterocycles. The van der Waals surface area contributed by atoms with E-state index in [0.717, 1.165) is 5.56 Å². The zero-order valence-electron chi connectivity index (χ0n) is 12.6. The Morgan fingerprint density at radius 3 is 2.78 bits per heavy atom. The fourth-order valence-corrected chi connectivity index (χ4v) is 2.42. The van der Waals surface area contributed by atoms with Gasteiger partial charge >= 0.3 is 6.09 Å². The molecule has 120 valence electrons. The maximum absolute atomic E-state index is 10.7. The Balaban J connectivity index is 1.76. The number of hydrogen-bond donors (Lipinski definition) is 2. The summed E-state index contributed by atoms with van der Waals surface area (Å²) in [6.45, 7) is 0.742. The highest BCUT2D eigenvalue weighted by Gasteiger charge is 2.32. The molecule has 3 rings (SSSR count). The van der Waals surface area contributed by atoms with E-state index in [1.165, 1.54) is 4.90 Å². The molecule has 0 saturated carbocycles. The fourth-order valence-electron chi connectivity index (χ4n) is 2.42. The zero-order chi connectivity index (χ0) is 16.4. The number of ether oxygens (including phenoxy) is 2. The standard InChI is InChI=1S/C16H17N3O4/c1-22-14-7-10(23-11-8-19(9-11)16(20)21)5-6-12(14)13-3-2-4-15(17)18-13/h2-7,11H,8-9H2,1H3,(H2,17,18)(H,20,21). The molecule has 2 aromatic rings. The number of benzene rings is 1. The molecule has 7 heteroatoms. The minimum atomic E-state index is -0.925. The van der Waals surface area contributed by atoms with Gasteiger partial charge in [0.05, 0.1) is 25.9 Å². The number of aromatic nitrogens is 1. The molecule has 0 radical (unpaired) electrons. The fraction of sp³-hybridized carbons (Fsp3) is 0.250. The van der Waals surface area contributed by atoms with Crippen molar-refractivity contribution in [2.75, 3.05) is 25.9 Å². The molecule has 1 fully saturated rings. The highest BCUT2D eigenvalue weighted by Crippen LogP contribution is 2.33.